The third kappa shape index (κ3) is 5.10. The Morgan fingerprint density at radius 2 is 1.89 bits per heavy atom. The molecule has 1 saturated heterocycles. The highest BCUT2D eigenvalue weighted by atomic mass is 35.5. The first kappa shape index (κ1) is 19.4. The van der Waals surface area contributed by atoms with Crippen LogP contribution in [-0.2, 0) is 17.8 Å². The maximum atomic E-state index is 12.3. The highest BCUT2D eigenvalue weighted by molar-refractivity contribution is 7.18. The number of thiazole rings is 1. The molecule has 1 aliphatic heterocycles. The number of fused-ring (bicyclic) bond motifs is 1. The summed E-state index contributed by atoms with van der Waals surface area (Å²) in [5.74, 6) is 0.135. The fourth-order valence-electron chi connectivity index (χ4n) is 3.63. The van der Waals surface area contributed by atoms with Gasteiger partial charge in [0, 0.05) is 43.5 Å². The highest BCUT2D eigenvalue weighted by Gasteiger charge is 2.20. The van der Waals surface area contributed by atoms with E-state index >= 15 is 0 Å². The van der Waals surface area contributed by atoms with E-state index < -0.39 is 0 Å². The van der Waals surface area contributed by atoms with Gasteiger partial charge in [-0.15, -0.1) is 11.3 Å². The number of aromatic nitrogens is 1. The van der Waals surface area contributed by atoms with Crippen molar-refractivity contribution in [2.24, 2.45) is 0 Å². The van der Waals surface area contributed by atoms with Gasteiger partial charge >= 0.3 is 0 Å². The van der Waals surface area contributed by atoms with Crippen molar-refractivity contribution < 1.29 is 4.79 Å². The van der Waals surface area contributed by atoms with E-state index in [1.807, 2.05) is 30.3 Å². The summed E-state index contributed by atoms with van der Waals surface area (Å²) in [5.41, 5.74) is 2.30. The van der Waals surface area contributed by atoms with Gasteiger partial charge in [0.05, 0.1) is 15.2 Å². The Kier molecular flexibility index (Phi) is 6.25. The number of halogens is 1. The molecule has 0 saturated carbocycles. The molecule has 0 aliphatic carbocycles. The maximum absolute atomic E-state index is 12.3. The summed E-state index contributed by atoms with van der Waals surface area (Å²) < 4.78 is 1.19. The smallest absolute Gasteiger partial charge is 0.220 e. The molecule has 1 amide bonds. The first-order chi connectivity index (χ1) is 13.7. The van der Waals surface area contributed by atoms with Gasteiger partial charge in [-0.3, -0.25) is 9.69 Å². The molecule has 146 valence electrons. The molecule has 2 heterocycles. The topological polar surface area (TPSA) is 45.2 Å². The molecule has 3 aromatic rings. The minimum atomic E-state index is 0.135. The van der Waals surface area contributed by atoms with Crippen LogP contribution in [0, 0.1) is 0 Å². The number of nitrogens with one attached hydrogen (secondary N) is 1. The number of benzene rings is 2. The maximum Gasteiger partial charge on any atom is 0.220 e. The van der Waals surface area contributed by atoms with Crippen LogP contribution in [0.25, 0.3) is 10.2 Å². The molecule has 28 heavy (non-hydrogen) atoms. The van der Waals surface area contributed by atoms with Gasteiger partial charge in [0.25, 0.3) is 0 Å². The van der Waals surface area contributed by atoms with Crippen LogP contribution >= 0.6 is 22.9 Å². The molecule has 0 unspecified atom stereocenters. The van der Waals surface area contributed by atoms with Crippen molar-refractivity contribution >= 4 is 39.1 Å². The molecule has 4 nitrogen and oxygen atoms in total. The van der Waals surface area contributed by atoms with Crippen molar-refractivity contribution in [3.63, 3.8) is 0 Å². The summed E-state index contributed by atoms with van der Waals surface area (Å²) in [6.45, 7) is 2.95. The van der Waals surface area contributed by atoms with E-state index in [-0.39, 0.29) is 11.9 Å². The third-order valence-corrected chi connectivity index (χ3v) is 6.52. The van der Waals surface area contributed by atoms with Crippen LogP contribution in [0.3, 0.4) is 0 Å². The predicted molar refractivity (Wildman–Crippen MR) is 116 cm³/mol. The lowest BCUT2D eigenvalue weighted by Gasteiger charge is -2.32. The second-order valence-electron chi connectivity index (χ2n) is 7.32. The Balaban J connectivity index is 1.20. The molecule has 1 aliphatic rings. The second kappa shape index (κ2) is 9.03. The molecule has 0 radical (unpaired) electrons. The lowest BCUT2D eigenvalue weighted by molar-refractivity contribution is -0.122. The first-order valence-corrected chi connectivity index (χ1v) is 11.0. The van der Waals surface area contributed by atoms with Gasteiger partial charge < -0.3 is 5.32 Å². The van der Waals surface area contributed by atoms with Crippen LogP contribution in [0.15, 0.2) is 48.5 Å². The highest BCUT2D eigenvalue weighted by Crippen LogP contribution is 2.22. The fourth-order valence-corrected chi connectivity index (χ4v) is 4.72. The Hall–Kier alpha value is -1.95. The average molecular weight is 414 g/mol. The van der Waals surface area contributed by atoms with E-state index in [1.54, 1.807) is 11.3 Å². The molecular weight excluding hydrogens is 390 g/mol. The largest absolute Gasteiger partial charge is 0.353 e. The standard InChI is InChI=1S/C22H24ClN3OS/c23-17-7-5-16(6-8-17)15-26-13-11-18(12-14-26)24-21(27)9-10-22-25-19-3-1-2-4-20(19)28-22/h1-8,18H,9-15H2,(H,24,27). The number of nitrogens with zero attached hydrogens (tertiary/aromatic N) is 2. The quantitative estimate of drug-likeness (QED) is 0.639. The number of likely N-dealkylation sites (tertiary alicyclic amines) is 1. The molecule has 1 N–H and O–H groups in total. The molecule has 0 bridgehead atoms. The number of carbonyl (C=O) groups is 1. The Labute approximate surface area is 174 Å². The molecule has 6 heteroatoms. The summed E-state index contributed by atoms with van der Waals surface area (Å²) in [5, 5.41) is 5.02. The van der Waals surface area contributed by atoms with Crippen LogP contribution in [0.1, 0.15) is 29.8 Å². The zero-order valence-electron chi connectivity index (χ0n) is 15.7. The lowest BCUT2D eigenvalue weighted by Crippen LogP contribution is -2.44. The van der Waals surface area contributed by atoms with Gasteiger partial charge in [-0.1, -0.05) is 35.9 Å². The number of carbonyl (C=O) groups excluding carboxylic acids is 1. The van der Waals surface area contributed by atoms with Gasteiger partial charge in [0.1, 0.15) is 0 Å². The molecule has 0 atom stereocenters. The van der Waals surface area contributed by atoms with E-state index in [9.17, 15) is 4.79 Å². The van der Waals surface area contributed by atoms with Crippen molar-refractivity contribution in [1.29, 1.82) is 0 Å². The average Bonchev–Trinajstić information content (AvgIpc) is 3.13. The lowest BCUT2D eigenvalue weighted by atomic mass is 10.0. The monoisotopic (exact) mass is 413 g/mol. The number of para-hydroxylation sites is 1. The first-order valence-electron chi connectivity index (χ1n) is 9.76. The van der Waals surface area contributed by atoms with Crippen LogP contribution in [0.2, 0.25) is 5.02 Å². The fraction of sp³-hybridized carbons (Fsp3) is 0.364. The molecule has 1 fully saturated rings. The zero-order chi connectivity index (χ0) is 19.3. The van der Waals surface area contributed by atoms with E-state index in [0.717, 1.165) is 48.0 Å². The molecule has 4 rings (SSSR count). The molecule has 1 aromatic heterocycles. The Bertz CT molecular complexity index is 899. The predicted octanol–water partition coefficient (Wildman–Crippen LogP) is 4.66. The molecule has 2 aromatic carbocycles. The second-order valence-corrected chi connectivity index (χ2v) is 8.87. The van der Waals surface area contributed by atoms with Gasteiger partial charge in [0.2, 0.25) is 5.91 Å². The SMILES string of the molecule is O=C(CCc1nc2ccccc2s1)NC1CCN(Cc2ccc(Cl)cc2)CC1. The van der Waals surface area contributed by atoms with Crippen molar-refractivity contribution in [2.45, 2.75) is 38.3 Å². The number of hydrogen-bond acceptors (Lipinski definition) is 4. The number of rotatable bonds is 6. The minimum absolute atomic E-state index is 0.135. The number of aryl methyl sites for hydroxylation is 1. The van der Waals surface area contributed by atoms with Crippen LogP contribution in [0.4, 0.5) is 0 Å². The minimum Gasteiger partial charge on any atom is -0.353 e. The number of hydrogen-bond donors (Lipinski definition) is 1. The van der Waals surface area contributed by atoms with Crippen LogP contribution < -0.4 is 5.32 Å². The number of amides is 1. The summed E-state index contributed by atoms with van der Waals surface area (Å²) in [7, 11) is 0. The van der Waals surface area contributed by atoms with E-state index in [2.05, 4.69) is 33.4 Å². The summed E-state index contributed by atoms with van der Waals surface area (Å²) in [4.78, 5) is 19.4. The van der Waals surface area contributed by atoms with E-state index in [4.69, 9.17) is 11.6 Å². The van der Waals surface area contributed by atoms with E-state index in [1.165, 1.54) is 10.3 Å². The van der Waals surface area contributed by atoms with Gasteiger partial charge in [-0.05, 0) is 42.7 Å². The summed E-state index contributed by atoms with van der Waals surface area (Å²) in [6, 6.07) is 16.4. The Morgan fingerprint density at radius 1 is 1.14 bits per heavy atom. The van der Waals surface area contributed by atoms with Crippen molar-refractivity contribution in [3.05, 3.63) is 64.1 Å². The zero-order valence-corrected chi connectivity index (χ0v) is 17.3. The van der Waals surface area contributed by atoms with Crippen molar-refractivity contribution in [3.8, 4) is 0 Å². The molecular formula is C22H24ClN3OS. The third-order valence-electron chi connectivity index (χ3n) is 5.18. The van der Waals surface area contributed by atoms with E-state index in [0.29, 0.717) is 12.8 Å². The van der Waals surface area contributed by atoms with Crippen LogP contribution in [-0.4, -0.2) is 34.9 Å². The summed E-state index contributed by atoms with van der Waals surface area (Å²) in [6.07, 6.45) is 3.21. The van der Waals surface area contributed by atoms with Gasteiger partial charge in [-0.2, -0.15) is 0 Å². The van der Waals surface area contributed by atoms with Crippen LogP contribution in [0.5, 0.6) is 0 Å². The normalized spacial score (nSPS) is 15.8. The van der Waals surface area contributed by atoms with Gasteiger partial charge in [0.15, 0.2) is 0 Å². The van der Waals surface area contributed by atoms with Gasteiger partial charge in [-0.25, -0.2) is 4.98 Å². The van der Waals surface area contributed by atoms with Crippen molar-refractivity contribution in [2.75, 3.05) is 13.1 Å². The Morgan fingerprint density at radius 3 is 2.64 bits per heavy atom. The van der Waals surface area contributed by atoms with Crippen molar-refractivity contribution in [1.82, 2.24) is 15.2 Å². The summed E-state index contributed by atoms with van der Waals surface area (Å²) >= 11 is 7.63. The molecule has 0 spiro atoms. The number of piperidine rings is 1.